The molecular weight excluding hydrogens is 822 g/mol. The van der Waals surface area contributed by atoms with Crippen molar-refractivity contribution >= 4 is 74.6 Å². The monoisotopic (exact) mass is 844 g/mol. The van der Waals surface area contributed by atoms with E-state index in [4.69, 9.17) is 0 Å². The minimum atomic E-state index is -5.35. The summed E-state index contributed by atoms with van der Waals surface area (Å²) in [5.74, 6) is -2.24. The van der Waals surface area contributed by atoms with Gasteiger partial charge in [-0.1, -0.05) is 36.4 Å². The van der Waals surface area contributed by atoms with Gasteiger partial charge in [0.1, 0.15) is 47.5 Å². The van der Waals surface area contributed by atoms with E-state index in [1.54, 1.807) is 50.2 Å². The van der Waals surface area contributed by atoms with Crippen molar-refractivity contribution in [3.8, 4) is 28.4 Å². The van der Waals surface area contributed by atoms with Crippen LogP contribution in [0.4, 0.5) is 22.7 Å². The van der Waals surface area contributed by atoms with Crippen LogP contribution in [0.1, 0.15) is 11.1 Å². The molecular formula is C34H23N4Na3O12S3. The molecule has 0 aliphatic heterocycles. The van der Waals surface area contributed by atoms with Crippen molar-refractivity contribution in [2.24, 2.45) is 20.5 Å². The molecule has 272 valence electrons. The van der Waals surface area contributed by atoms with Gasteiger partial charge < -0.3 is 29.0 Å². The predicted molar refractivity (Wildman–Crippen MR) is 186 cm³/mol. The van der Waals surface area contributed by atoms with Crippen molar-refractivity contribution < 1.29 is 143 Å². The Hall–Kier alpha value is -2.83. The first-order valence-corrected chi connectivity index (χ1v) is 19.2. The number of aryl methyl sites for hydroxylation is 2. The van der Waals surface area contributed by atoms with Gasteiger partial charge in [-0.2, -0.15) is 10.2 Å². The number of phenols is 3. The molecule has 0 aliphatic carbocycles. The van der Waals surface area contributed by atoms with Crippen molar-refractivity contribution in [1.82, 2.24) is 0 Å². The molecule has 22 heteroatoms. The number of aromatic hydroxyl groups is 3. The second-order valence-electron chi connectivity index (χ2n) is 11.7. The van der Waals surface area contributed by atoms with Crippen molar-refractivity contribution in [3.05, 3.63) is 96.1 Å². The molecule has 0 saturated carbocycles. The summed E-state index contributed by atoms with van der Waals surface area (Å²) < 4.78 is 106. The van der Waals surface area contributed by atoms with Crippen LogP contribution in [0, 0.1) is 13.8 Å². The Bertz CT molecular complexity index is 2950. The zero-order valence-electron chi connectivity index (χ0n) is 30.1. The molecule has 0 spiro atoms. The number of benzene rings is 6. The summed E-state index contributed by atoms with van der Waals surface area (Å²) in [7, 11) is -15.4. The van der Waals surface area contributed by atoms with Gasteiger partial charge in [0.2, 0.25) is 0 Å². The molecule has 0 aliphatic rings. The van der Waals surface area contributed by atoms with E-state index in [0.717, 1.165) is 6.07 Å². The quantitative estimate of drug-likeness (QED) is 0.0848. The van der Waals surface area contributed by atoms with E-state index >= 15 is 0 Å². The van der Waals surface area contributed by atoms with Crippen LogP contribution < -0.4 is 88.7 Å². The molecule has 0 bridgehead atoms. The topological polar surface area (TPSA) is 282 Å². The van der Waals surface area contributed by atoms with Crippen molar-refractivity contribution in [2.75, 3.05) is 0 Å². The van der Waals surface area contributed by atoms with E-state index in [0.29, 0.717) is 46.1 Å². The Kier molecular flexibility index (Phi) is 15.3. The first kappa shape index (κ1) is 47.5. The maximum Gasteiger partial charge on any atom is 1.00 e. The fraction of sp³-hybridized carbons (Fsp3) is 0.0588. The molecule has 0 amide bonds. The van der Waals surface area contributed by atoms with Gasteiger partial charge in [-0.3, -0.25) is 0 Å². The van der Waals surface area contributed by atoms with Gasteiger partial charge >= 0.3 is 88.7 Å². The zero-order valence-corrected chi connectivity index (χ0v) is 38.6. The number of phenolic OH excluding ortho intramolecular Hbond substituents is 3. The van der Waals surface area contributed by atoms with E-state index in [2.05, 4.69) is 20.5 Å². The summed E-state index contributed by atoms with van der Waals surface area (Å²) in [6.45, 7) is 3.39. The van der Waals surface area contributed by atoms with Gasteiger partial charge in [0.15, 0.2) is 11.5 Å². The number of hydrogen-bond donors (Lipinski definition) is 3. The van der Waals surface area contributed by atoms with Crippen LogP contribution >= 0.6 is 0 Å². The summed E-state index contributed by atoms with van der Waals surface area (Å²) in [5.41, 5.74) is 2.06. The summed E-state index contributed by atoms with van der Waals surface area (Å²) in [6, 6.07) is 18.8. The Labute approximate surface area is 386 Å². The van der Waals surface area contributed by atoms with Crippen molar-refractivity contribution in [2.45, 2.75) is 28.5 Å². The molecule has 0 fully saturated rings. The molecule has 6 rings (SSSR count). The van der Waals surface area contributed by atoms with E-state index in [1.807, 2.05) is 0 Å². The number of rotatable bonds is 8. The first-order chi connectivity index (χ1) is 24.7. The second-order valence-corrected chi connectivity index (χ2v) is 15.7. The normalized spacial score (nSPS) is 12.1. The minimum absolute atomic E-state index is 0. The molecule has 6 aromatic carbocycles. The van der Waals surface area contributed by atoms with Gasteiger partial charge in [-0.25, -0.2) is 25.3 Å². The van der Waals surface area contributed by atoms with Gasteiger partial charge in [-0.15, -0.1) is 10.2 Å². The van der Waals surface area contributed by atoms with Crippen LogP contribution in [0.2, 0.25) is 0 Å². The maximum atomic E-state index is 12.1. The Balaban J connectivity index is 0.00000280. The minimum Gasteiger partial charge on any atom is -0.744 e. The number of hydrogen-bond acceptors (Lipinski definition) is 16. The largest absolute Gasteiger partial charge is 1.00 e. The SMILES string of the molecule is Cc1cc(-c2ccc(N=Nc3c(S(=O)(=O)[O-])cc4cc(S(=O)(=O)[O-])cc(O)c4c3O)c(C)c2)ccc1N=Nc1cc(S(=O)(=O)[O-])c2ccccc2c1O.[Na+].[Na+].[Na+]. The van der Waals surface area contributed by atoms with Gasteiger partial charge in [-0.05, 0) is 90.0 Å². The molecule has 6 aromatic rings. The molecule has 16 nitrogen and oxygen atoms in total. The summed E-state index contributed by atoms with van der Waals surface area (Å²) >= 11 is 0. The van der Waals surface area contributed by atoms with Crippen molar-refractivity contribution in [1.29, 1.82) is 0 Å². The second kappa shape index (κ2) is 18.0. The number of azo groups is 2. The third-order valence-corrected chi connectivity index (χ3v) is 10.7. The zero-order chi connectivity index (χ0) is 38.6. The molecule has 0 unspecified atom stereocenters. The summed E-state index contributed by atoms with van der Waals surface area (Å²) in [6.07, 6.45) is 0. The molecule has 3 N–H and O–H groups in total. The Morgan fingerprint density at radius 2 is 1.02 bits per heavy atom. The third kappa shape index (κ3) is 9.88. The van der Waals surface area contributed by atoms with Crippen LogP contribution in [0.25, 0.3) is 32.7 Å². The van der Waals surface area contributed by atoms with Gasteiger partial charge in [0.05, 0.1) is 31.4 Å². The fourth-order valence-electron chi connectivity index (χ4n) is 5.57. The summed E-state index contributed by atoms with van der Waals surface area (Å²) in [4.78, 5) is -2.56. The molecule has 0 atom stereocenters. The van der Waals surface area contributed by atoms with Crippen LogP contribution in [0.15, 0.2) is 120 Å². The van der Waals surface area contributed by atoms with Crippen LogP contribution in [0.5, 0.6) is 17.2 Å². The molecule has 0 radical (unpaired) electrons. The molecule has 0 heterocycles. The maximum absolute atomic E-state index is 12.1. The average molecular weight is 845 g/mol. The molecule has 0 aromatic heterocycles. The first-order valence-electron chi connectivity index (χ1n) is 14.9. The van der Waals surface area contributed by atoms with Gasteiger partial charge in [0, 0.05) is 10.8 Å². The van der Waals surface area contributed by atoms with E-state index in [-0.39, 0.29) is 117 Å². The van der Waals surface area contributed by atoms with E-state index < -0.39 is 73.0 Å². The fourth-order valence-corrected chi connectivity index (χ4v) is 7.45. The van der Waals surface area contributed by atoms with Gasteiger partial charge in [0.25, 0.3) is 0 Å². The predicted octanol–water partition coefficient (Wildman–Crippen LogP) is -2.05. The van der Waals surface area contributed by atoms with Crippen LogP contribution in [-0.2, 0) is 30.4 Å². The third-order valence-electron chi connectivity index (χ3n) is 8.14. The average Bonchev–Trinajstić information content (AvgIpc) is 3.06. The molecule has 0 saturated heterocycles. The Morgan fingerprint density at radius 3 is 1.52 bits per heavy atom. The summed E-state index contributed by atoms with van der Waals surface area (Å²) in [5, 5.41) is 47.2. The number of nitrogens with zero attached hydrogens (tertiary/aromatic N) is 4. The molecule has 56 heavy (non-hydrogen) atoms. The van der Waals surface area contributed by atoms with Crippen molar-refractivity contribution in [3.63, 3.8) is 0 Å². The standard InChI is InChI=1S/C34H26N4O12S3.3Na/c1-17-11-19(7-9-25(17)35-37-27-16-29(52(45,46)47)23-5-3-4-6-24(23)33(27)40)20-8-10-26(18(2)12-20)36-38-32-30(53(48,49)50)14-21-13-22(51(42,43)44)15-28(39)31(21)34(32)41;;;/h3-16,39-41H,1-2H3,(H,42,43,44)(H,45,46,47)(H,48,49,50);;;/q;3*+1/p-3. The number of fused-ring (bicyclic) bond motifs is 2. The van der Waals surface area contributed by atoms with Crippen LogP contribution in [0.3, 0.4) is 0 Å². The van der Waals surface area contributed by atoms with E-state index in [9.17, 15) is 54.2 Å². The van der Waals surface area contributed by atoms with E-state index in [1.165, 1.54) is 24.3 Å². The van der Waals surface area contributed by atoms with Crippen LogP contribution in [-0.4, -0.2) is 54.2 Å². The smallest absolute Gasteiger partial charge is 0.744 e. The Morgan fingerprint density at radius 1 is 0.518 bits per heavy atom.